The van der Waals surface area contributed by atoms with E-state index < -0.39 is 5.41 Å². The summed E-state index contributed by atoms with van der Waals surface area (Å²) in [5, 5.41) is 0. The lowest BCUT2D eigenvalue weighted by atomic mass is 9.67. The van der Waals surface area contributed by atoms with Crippen molar-refractivity contribution in [2.75, 3.05) is 0 Å². The number of hydrogen-bond donors (Lipinski definition) is 0. The van der Waals surface area contributed by atoms with Crippen LogP contribution in [0.3, 0.4) is 0 Å². The number of fused-ring (bicyclic) bond motifs is 12. The predicted molar refractivity (Wildman–Crippen MR) is 241 cm³/mol. The minimum atomic E-state index is -0.461. The molecule has 0 atom stereocenters. The molecule has 0 radical (unpaired) electrons. The lowest BCUT2D eigenvalue weighted by molar-refractivity contribution is 0.660. The van der Waals surface area contributed by atoms with Gasteiger partial charge >= 0.3 is 0 Å². The third-order valence-electron chi connectivity index (χ3n) is 12.8. The van der Waals surface area contributed by atoms with Crippen LogP contribution in [0.2, 0.25) is 0 Å². The maximum absolute atomic E-state index is 5.33. The molecule has 1 aliphatic heterocycles. The highest BCUT2D eigenvalue weighted by atomic mass is 32.2. The molecule has 0 saturated heterocycles. The van der Waals surface area contributed by atoms with E-state index in [1.807, 2.05) is 30.0 Å². The number of aromatic nitrogens is 3. The maximum Gasteiger partial charge on any atom is 0.164 e. The number of hydrogen-bond acceptors (Lipinski definition) is 4. The topological polar surface area (TPSA) is 38.7 Å². The third kappa shape index (κ3) is 4.93. The Morgan fingerprint density at radius 2 is 0.797 bits per heavy atom. The quantitative estimate of drug-likeness (QED) is 0.179. The minimum absolute atomic E-state index is 0.143. The van der Waals surface area contributed by atoms with E-state index in [1.165, 1.54) is 65.4 Å². The summed E-state index contributed by atoms with van der Waals surface area (Å²) < 4.78 is 0. The number of rotatable bonds is 4. The van der Waals surface area contributed by atoms with Gasteiger partial charge in [0.2, 0.25) is 0 Å². The van der Waals surface area contributed by atoms with Gasteiger partial charge < -0.3 is 0 Å². The van der Waals surface area contributed by atoms with Gasteiger partial charge in [0.15, 0.2) is 17.5 Å². The Bertz CT molecular complexity index is 3140. The smallest absolute Gasteiger partial charge is 0.164 e. The van der Waals surface area contributed by atoms with Gasteiger partial charge in [0.1, 0.15) is 0 Å². The zero-order valence-electron chi connectivity index (χ0n) is 32.6. The Balaban J connectivity index is 1.06. The summed E-state index contributed by atoms with van der Waals surface area (Å²) >= 11 is 1.87. The van der Waals surface area contributed by atoms with Crippen LogP contribution >= 0.6 is 11.8 Å². The van der Waals surface area contributed by atoms with Crippen LogP contribution in [-0.2, 0) is 10.8 Å². The second-order valence-corrected chi connectivity index (χ2v) is 17.4. The molecule has 0 fully saturated rings. The van der Waals surface area contributed by atoms with E-state index in [-0.39, 0.29) is 5.41 Å². The van der Waals surface area contributed by atoms with Crippen LogP contribution in [0.5, 0.6) is 0 Å². The second-order valence-electron chi connectivity index (χ2n) is 16.3. The molecule has 3 aliphatic rings. The Labute approximate surface area is 348 Å². The van der Waals surface area contributed by atoms with E-state index in [2.05, 4.69) is 184 Å². The molecule has 0 N–H and O–H groups in total. The van der Waals surface area contributed by atoms with E-state index in [4.69, 9.17) is 15.0 Å². The average molecular weight is 772 g/mol. The Hall–Kier alpha value is -6.88. The van der Waals surface area contributed by atoms with Gasteiger partial charge in [-0.1, -0.05) is 189 Å². The first-order valence-electron chi connectivity index (χ1n) is 20.3. The van der Waals surface area contributed by atoms with Gasteiger partial charge in [-0.15, -0.1) is 0 Å². The molecule has 0 saturated carbocycles. The number of benzene rings is 8. The van der Waals surface area contributed by atoms with E-state index in [9.17, 15) is 0 Å². The zero-order valence-corrected chi connectivity index (χ0v) is 33.5. The molecule has 0 bridgehead atoms. The highest BCUT2D eigenvalue weighted by molar-refractivity contribution is 7.99. The van der Waals surface area contributed by atoms with Crippen molar-refractivity contribution < 1.29 is 0 Å². The molecule has 9 aromatic rings. The standard InChI is InChI=1S/C55H37N3S/c1-54(2)43-23-11-8-19-38(43)41-30-28-36(33-47(41)54)52-56-51(34-16-4-3-5-17-34)57-53(58-52)42-22-7-6-18-37(42)35-29-31-50-48(32-35)55(46-26-14-15-27-49(46)59-50)44-24-12-9-20-39(44)40-21-10-13-25-45(40)55/h3-33H,1-2H3. The van der Waals surface area contributed by atoms with E-state index in [0.29, 0.717) is 17.5 Å². The van der Waals surface area contributed by atoms with E-state index >= 15 is 0 Å². The van der Waals surface area contributed by atoms with Crippen molar-refractivity contribution in [2.24, 2.45) is 0 Å². The highest BCUT2D eigenvalue weighted by Gasteiger charge is 2.50. The van der Waals surface area contributed by atoms with Gasteiger partial charge in [-0.2, -0.15) is 0 Å². The molecule has 0 amide bonds. The summed E-state index contributed by atoms with van der Waals surface area (Å²) in [6.45, 7) is 4.63. The molecule has 12 rings (SSSR count). The summed E-state index contributed by atoms with van der Waals surface area (Å²) in [5.41, 5.74) is 17.6. The molecule has 1 spiro atoms. The van der Waals surface area contributed by atoms with Crippen LogP contribution in [0.4, 0.5) is 0 Å². The molecular weight excluding hydrogens is 735 g/mol. The Kier molecular flexibility index (Phi) is 7.42. The summed E-state index contributed by atoms with van der Waals surface area (Å²) in [6.07, 6.45) is 0. The normalized spacial score (nSPS) is 14.5. The summed E-state index contributed by atoms with van der Waals surface area (Å²) in [5.74, 6) is 1.96. The van der Waals surface area contributed by atoms with Crippen molar-refractivity contribution in [3.63, 3.8) is 0 Å². The molecular formula is C55H37N3S. The van der Waals surface area contributed by atoms with Crippen molar-refractivity contribution in [2.45, 2.75) is 34.5 Å². The summed E-state index contributed by atoms with van der Waals surface area (Å²) in [6, 6.07) is 68.3. The third-order valence-corrected chi connectivity index (χ3v) is 14.0. The van der Waals surface area contributed by atoms with Crippen LogP contribution < -0.4 is 0 Å². The molecule has 2 heterocycles. The fraction of sp³-hybridized carbons (Fsp3) is 0.0727. The Morgan fingerprint density at radius 3 is 1.51 bits per heavy atom. The van der Waals surface area contributed by atoms with Crippen molar-refractivity contribution in [3.05, 3.63) is 221 Å². The maximum atomic E-state index is 5.33. The van der Waals surface area contributed by atoms with E-state index in [1.54, 1.807) is 0 Å². The van der Waals surface area contributed by atoms with Crippen molar-refractivity contribution in [1.82, 2.24) is 15.0 Å². The largest absolute Gasteiger partial charge is 0.208 e. The lowest BCUT2D eigenvalue weighted by Gasteiger charge is -2.40. The minimum Gasteiger partial charge on any atom is -0.208 e. The van der Waals surface area contributed by atoms with Gasteiger partial charge in [0.25, 0.3) is 0 Å². The first-order valence-corrected chi connectivity index (χ1v) is 21.1. The fourth-order valence-corrected chi connectivity index (χ4v) is 11.3. The molecule has 0 unspecified atom stereocenters. The van der Waals surface area contributed by atoms with Crippen LogP contribution in [0, 0.1) is 0 Å². The van der Waals surface area contributed by atoms with Gasteiger partial charge in [-0.25, -0.2) is 15.0 Å². The van der Waals surface area contributed by atoms with Crippen LogP contribution in [-0.4, -0.2) is 15.0 Å². The molecule has 3 nitrogen and oxygen atoms in total. The zero-order chi connectivity index (χ0) is 39.3. The summed E-state index contributed by atoms with van der Waals surface area (Å²) in [4.78, 5) is 18.3. The summed E-state index contributed by atoms with van der Waals surface area (Å²) in [7, 11) is 0. The SMILES string of the molecule is CC1(C)c2ccccc2-c2ccc(-c3nc(-c4ccccc4)nc(-c4ccccc4-c4ccc5c(c4)C4(c6ccccc6S5)c5ccccc5-c5ccccc54)n3)cc21. The molecule has 278 valence electrons. The van der Waals surface area contributed by atoms with Gasteiger partial charge in [0, 0.05) is 31.9 Å². The molecule has 59 heavy (non-hydrogen) atoms. The van der Waals surface area contributed by atoms with Crippen molar-refractivity contribution >= 4 is 11.8 Å². The highest BCUT2D eigenvalue weighted by Crippen LogP contribution is 2.62. The van der Waals surface area contributed by atoms with Crippen molar-refractivity contribution in [3.8, 4) is 67.5 Å². The van der Waals surface area contributed by atoms with Crippen LogP contribution in [0.25, 0.3) is 67.5 Å². The van der Waals surface area contributed by atoms with Crippen LogP contribution in [0.15, 0.2) is 198 Å². The number of nitrogens with zero attached hydrogens (tertiary/aromatic N) is 3. The first kappa shape index (κ1) is 34.2. The Morgan fingerprint density at radius 1 is 0.322 bits per heavy atom. The van der Waals surface area contributed by atoms with Gasteiger partial charge in [-0.05, 0) is 91.0 Å². The molecule has 8 aromatic carbocycles. The monoisotopic (exact) mass is 771 g/mol. The second kappa shape index (κ2) is 12.8. The van der Waals surface area contributed by atoms with Gasteiger partial charge in [0.05, 0.1) is 5.41 Å². The predicted octanol–water partition coefficient (Wildman–Crippen LogP) is 13.7. The first-order chi connectivity index (χ1) is 29.0. The lowest BCUT2D eigenvalue weighted by Crippen LogP contribution is -2.32. The van der Waals surface area contributed by atoms with E-state index in [0.717, 1.165) is 27.8 Å². The molecule has 4 heteroatoms. The van der Waals surface area contributed by atoms with Crippen LogP contribution in [0.1, 0.15) is 47.2 Å². The average Bonchev–Trinajstić information content (AvgIpc) is 3.72. The fourth-order valence-electron chi connectivity index (χ4n) is 10.1. The molecule has 2 aliphatic carbocycles. The molecule has 1 aromatic heterocycles. The van der Waals surface area contributed by atoms with Crippen molar-refractivity contribution in [1.29, 1.82) is 0 Å². The van der Waals surface area contributed by atoms with Gasteiger partial charge in [-0.3, -0.25) is 0 Å².